The Labute approximate surface area is 165 Å². The van der Waals surface area contributed by atoms with Gasteiger partial charge in [0, 0.05) is 6.61 Å². The standard InChI is InChI=1S/C21H34O4SSi/c1-15-7-9-18(10-8-15)26(22,23)25-20-13-16-11-17(19(20)12-16)14-24-27(5,6)21(2,3)4/h7-10,16-17,19-20H,11-14H2,1-6H3/t16-,17-,19-,20-/m1/s1. The van der Waals surface area contributed by atoms with E-state index in [1.165, 1.54) is 0 Å². The minimum absolute atomic E-state index is 0.190. The average molecular weight is 411 g/mol. The van der Waals surface area contributed by atoms with Crippen LogP contribution in [0, 0.1) is 24.7 Å². The summed E-state index contributed by atoms with van der Waals surface area (Å²) in [7, 11) is -5.49. The van der Waals surface area contributed by atoms with E-state index < -0.39 is 18.4 Å². The van der Waals surface area contributed by atoms with Gasteiger partial charge in [0.2, 0.25) is 0 Å². The molecule has 2 fully saturated rings. The zero-order valence-corrected chi connectivity index (χ0v) is 19.3. The Bertz CT molecular complexity index is 764. The number of hydrogen-bond donors (Lipinski definition) is 0. The molecule has 4 nitrogen and oxygen atoms in total. The van der Waals surface area contributed by atoms with E-state index in [0.717, 1.165) is 31.4 Å². The predicted molar refractivity (Wildman–Crippen MR) is 111 cm³/mol. The van der Waals surface area contributed by atoms with E-state index in [1.54, 1.807) is 12.1 Å². The van der Waals surface area contributed by atoms with Crippen LogP contribution >= 0.6 is 0 Å². The number of rotatable bonds is 6. The van der Waals surface area contributed by atoms with Gasteiger partial charge in [-0.3, -0.25) is 4.18 Å². The first-order valence-corrected chi connectivity index (χ1v) is 14.3. The molecule has 4 atom stereocenters. The van der Waals surface area contributed by atoms with Crippen LogP contribution in [0.1, 0.15) is 45.6 Å². The maximum atomic E-state index is 12.7. The maximum absolute atomic E-state index is 12.7. The van der Waals surface area contributed by atoms with Gasteiger partial charge in [0.15, 0.2) is 8.32 Å². The Morgan fingerprint density at radius 2 is 1.70 bits per heavy atom. The van der Waals surface area contributed by atoms with Gasteiger partial charge < -0.3 is 4.43 Å². The first kappa shape index (κ1) is 21.0. The third kappa shape index (κ3) is 4.49. The number of aryl methyl sites for hydroxylation is 1. The fourth-order valence-corrected chi connectivity index (χ4v) is 6.38. The summed E-state index contributed by atoms with van der Waals surface area (Å²) in [6.45, 7) is 14.0. The third-order valence-electron chi connectivity index (χ3n) is 6.91. The number of fused-ring (bicyclic) bond motifs is 2. The van der Waals surface area contributed by atoms with Crippen molar-refractivity contribution in [1.29, 1.82) is 0 Å². The monoisotopic (exact) mass is 410 g/mol. The molecule has 0 aliphatic heterocycles. The quantitative estimate of drug-likeness (QED) is 0.481. The van der Waals surface area contributed by atoms with Crippen LogP contribution in [0.25, 0.3) is 0 Å². The van der Waals surface area contributed by atoms with Gasteiger partial charge in [-0.25, -0.2) is 0 Å². The summed E-state index contributed by atoms with van der Waals surface area (Å²) < 4.78 is 37.5. The van der Waals surface area contributed by atoms with Crippen molar-refractivity contribution in [2.24, 2.45) is 17.8 Å². The van der Waals surface area contributed by atoms with E-state index in [4.69, 9.17) is 8.61 Å². The van der Waals surface area contributed by atoms with Crippen LogP contribution in [0.5, 0.6) is 0 Å². The molecule has 0 amide bonds. The molecule has 0 saturated heterocycles. The molecule has 2 bridgehead atoms. The van der Waals surface area contributed by atoms with Gasteiger partial charge in [0.25, 0.3) is 10.1 Å². The number of benzene rings is 1. The zero-order chi connectivity index (χ0) is 20.0. The third-order valence-corrected chi connectivity index (χ3v) is 12.8. The second-order valence-electron chi connectivity index (χ2n) is 9.97. The fraction of sp³-hybridized carbons (Fsp3) is 0.714. The first-order valence-electron chi connectivity index (χ1n) is 10.0. The summed E-state index contributed by atoms with van der Waals surface area (Å²) in [6, 6.07) is 6.89. The van der Waals surface area contributed by atoms with E-state index in [0.29, 0.717) is 17.8 Å². The molecular formula is C21H34O4SSi. The molecule has 2 saturated carbocycles. The predicted octanol–water partition coefficient (Wildman–Crippen LogP) is 5.14. The first-order chi connectivity index (χ1) is 12.4. The molecule has 6 heteroatoms. The van der Waals surface area contributed by atoms with Crippen LogP contribution in [-0.2, 0) is 18.7 Å². The van der Waals surface area contributed by atoms with Gasteiger partial charge >= 0.3 is 0 Å². The largest absolute Gasteiger partial charge is 0.417 e. The lowest BCUT2D eigenvalue weighted by molar-refractivity contribution is 0.0801. The van der Waals surface area contributed by atoms with E-state index >= 15 is 0 Å². The lowest BCUT2D eigenvalue weighted by Gasteiger charge is -2.38. The Morgan fingerprint density at radius 3 is 2.26 bits per heavy atom. The van der Waals surface area contributed by atoms with Crippen molar-refractivity contribution in [3.63, 3.8) is 0 Å². The summed E-state index contributed by atoms with van der Waals surface area (Å²) in [6.07, 6.45) is 2.86. The van der Waals surface area contributed by atoms with Crippen LogP contribution in [0.2, 0.25) is 18.1 Å². The Hall–Kier alpha value is -0.693. The lowest BCUT2D eigenvalue weighted by Crippen LogP contribution is -2.43. The second-order valence-corrected chi connectivity index (χ2v) is 16.4. The van der Waals surface area contributed by atoms with E-state index in [9.17, 15) is 8.42 Å². The van der Waals surface area contributed by atoms with Crippen molar-refractivity contribution in [3.05, 3.63) is 29.8 Å². The smallest absolute Gasteiger partial charge is 0.297 e. The summed E-state index contributed by atoms with van der Waals surface area (Å²) >= 11 is 0. The molecule has 3 rings (SSSR count). The van der Waals surface area contributed by atoms with Gasteiger partial charge in [-0.15, -0.1) is 0 Å². The second kappa shape index (κ2) is 7.28. The minimum Gasteiger partial charge on any atom is -0.417 e. The van der Waals surface area contributed by atoms with Crippen LogP contribution in [-0.4, -0.2) is 29.4 Å². The number of hydrogen-bond acceptors (Lipinski definition) is 4. The van der Waals surface area contributed by atoms with Crippen molar-refractivity contribution in [1.82, 2.24) is 0 Å². The Balaban J connectivity index is 1.65. The van der Waals surface area contributed by atoms with Crippen LogP contribution in [0.15, 0.2) is 29.2 Å². The van der Waals surface area contributed by atoms with E-state index in [1.807, 2.05) is 19.1 Å². The minimum atomic E-state index is -3.71. The summed E-state index contributed by atoms with van der Waals surface area (Å²) in [4.78, 5) is 0.255. The van der Waals surface area contributed by atoms with Crippen molar-refractivity contribution in [2.75, 3.05) is 6.61 Å². The molecule has 0 aromatic heterocycles. The van der Waals surface area contributed by atoms with Crippen LogP contribution in [0.4, 0.5) is 0 Å². The Morgan fingerprint density at radius 1 is 1.07 bits per heavy atom. The van der Waals surface area contributed by atoms with Crippen molar-refractivity contribution in [3.8, 4) is 0 Å². The lowest BCUT2D eigenvalue weighted by atomic mass is 9.87. The molecule has 1 aromatic rings. The molecular weight excluding hydrogens is 376 g/mol. The molecule has 2 aliphatic carbocycles. The average Bonchev–Trinajstić information content (AvgIpc) is 3.11. The van der Waals surface area contributed by atoms with Gasteiger partial charge in [-0.2, -0.15) is 8.42 Å². The van der Waals surface area contributed by atoms with Crippen molar-refractivity contribution < 1.29 is 17.0 Å². The van der Waals surface area contributed by atoms with E-state index in [2.05, 4.69) is 33.9 Å². The van der Waals surface area contributed by atoms with Crippen LogP contribution in [0.3, 0.4) is 0 Å². The molecule has 0 heterocycles. The van der Waals surface area contributed by atoms with Gasteiger partial charge in [0.05, 0.1) is 11.0 Å². The highest BCUT2D eigenvalue weighted by molar-refractivity contribution is 7.86. The zero-order valence-electron chi connectivity index (χ0n) is 17.5. The summed E-state index contributed by atoms with van der Waals surface area (Å²) in [5.74, 6) is 1.28. The molecule has 0 spiro atoms. The molecule has 0 N–H and O–H groups in total. The van der Waals surface area contributed by atoms with Gasteiger partial charge in [-0.1, -0.05) is 38.5 Å². The van der Waals surface area contributed by atoms with Crippen molar-refractivity contribution >= 4 is 18.4 Å². The van der Waals surface area contributed by atoms with Crippen LogP contribution < -0.4 is 0 Å². The molecule has 0 radical (unpaired) electrons. The SMILES string of the molecule is Cc1ccc(S(=O)(=O)O[C@@H]2C[C@@H]3C[C@H](CO[Si](C)(C)C(C)(C)C)[C@H]2C3)cc1. The molecule has 152 valence electrons. The molecule has 0 unspecified atom stereocenters. The highest BCUT2D eigenvalue weighted by atomic mass is 32.2. The molecule has 1 aromatic carbocycles. The van der Waals surface area contributed by atoms with Crippen molar-refractivity contribution in [2.45, 2.75) is 76.1 Å². The summed E-state index contributed by atoms with van der Waals surface area (Å²) in [5, 5.41) is 0.190. The summed E-state index contributed by atoms with van der Waals surface area (Å²) in [5.41, 5.74) is 1.04. The highest BCUT2D eigenvalue weighted by Crippen LogP contribution is 2.51. The van der Waals surface area contributed by atoms with Gasteiger partial charge in [-0.05, 0) is 74.2 Å². The van der Waals surface area contributed by atoms with Gasteiger partial charge in [0.1, 0.15) is 0 Å². The maximum Gasteiger partial charge on any atom is 0.297 e. The topological polar surface area (TPSA) is 52.6 Å². The normalized spacial score (nSPS) is 28.7. The molecule has 2 aliphatic rings. The Kier molecular flexibility index (Phi) is 5.67. The fourth-order valence-electron chi connectivity index (χ4n) is 4.19. The highest BCUT2D eigenvalue weighted by Gasteiger charge is 2.49. The molecule has 27 heavy (non-hydrogen) atoms. The van der Waals surface area contributed by atoms with E-state index in [-0.39, 0.29) is 16.0 Å².